The van der Waals surface area contributed by atoms with Crippen molar-refractivity contribution in [1.82, 2.24) is 4.98 Å². The van der Waals surface area contributed by atoms with E-state index in [-0.39, 0.29) is 5.56 Å². The van der Waals surface area contributed by atoms with Crippen molar-refractivity contribution in [3.8, 4) is 0 Å². The Morgan fingerprint density at radius 1 is 1.00 bits per heavy atom. The van der Waals surface area contributed by atoms with Gasteiger partial charge in [-0.25, -0.2) is 0 Å². The number of nitrogen functional groups attached to an aromatic ring is 1. The van der Waals surface area contributed by atoms with E-state index in [1.807, 2.05) is 24.3 Å². The molecule has 0 unspecified atom stereocenters. The molecular formula is C13H7Br3N2O. The van der Waals surface area contributed by atoms with Crippen LogP contribution in [0.15, 0.2) is 42.5 Å². The smallest absolute Gasteiger partial charge is 0.256 e. The molecule has 0 atom stereocenters. The molecule has 0 aliphatic heterocycles. The SMILES string of the molecule is Nc1c(Br)cc2c([nH]c(=O)c3cc(Br)ccc32)c1Br. The lowest BCUT2D eigenvalue weighted by Crippen LogP contribution is -2.07. The average molecular weight is 447 g/mol. The van der Waals surface area contributed by atoms with Crippen molar-refractivity contribution in [2.45, 2.75) is 0 Å². The Kier molecular flexibility index (Phi) is 3.19. The molecular weight excluding hydrogens is 440 g/mol. The van der Waals surface area contributed by atoms with Gasteiger partial charge < -0.3 is 10.7 Å². The molecule has 1 heterocycles. The molecule has 2 aromatic carbocycles. The molecule has 0 aliphatic carbocycles. The number of anilines is 1. The number of hydrogen-bond donors (Lipinski definition) is 2. The number of aromatic nitrogens is 1. The van der Waals surface area contributed by atoms with Gasteiger partial charge in [-0.1, -0.05) is 22.0 Å². The number of benzene rings is 2. The van der Waals surface area contributed by atoms with E-state index >= 15 is 0 Å². The second-order valence-electron chi connectivity index (χ2n) is 4.15. The van der Waals surface area contributed by atoms with Crippen LogP contribution in [-0.2, 0) is 0 Å². The summed E-state index contributed by atoms with van der Waals surface area (Å²) in [6.07, 6.45) is 0. The first-order chi connectivity index (χ1) is 8.99. The van der Waals surface area contributed by atoms with E-state index in [0.29, 0.717) is 21.1 Å². The molecule has 3 N–H and O–H groups in total. The Hall–Kier alpha value is -0.850. The van der Waals surface area contributed by atoms with Crippen LogP contribution in [0.1, 0.15) is 0 Å². The summed E-state index contributed by atoms with van der Waals surface area (Å²) in [7, 11) is 0. The van der Waals surface area contributed by atoms with Crippen LogP contribution in [0.5, 0.6) is 0 Å². The molecule has 0 bridgehead atoms. The minimum Gasteiger partial charge on any atom is -0.397 e. The molecule has 3 aromatic rings. The summed E-state index contributed by atoms with van der Waals surface area (Å²) >= 11 is 10.2. The molecule has 0 radical (unpaired) electrons. The van der Waals surface area contributed by atoms with Gasteiger partial charge in [0, 0.05) is 19.7 Å². The van der Waals surface area contributed by atoms with Crippen molar-refractivity contribution in [3.05, 3.63) is 48.0 Å². The average Bonchev–Trinajstić information content (AvgIpc) is 2.38. The van der Waals surface area contributed by atoms with Crippen LogP contribution in [-0.4, -0.2) is 4.98 Å². The summed E-state index contributed by atoms with van der Waals surface area (Å²) < 4.78 is 2.36. The molecule has 3 nitrogen and oxygen atoms in total. The molecule has 3 rings (SSSR count). The van der Waals surface area contributed by atoms with E-state index in [4.69, 9.17) is 5.73 Å². The summed E-state index contributed by atoms with van der Waals surface area (Å²) in [6.45, 7) is 0. The largest absolute Gasteiger partial charge is 0.397 e. The van der Waals surface area contributed by atoms with Crippen molar-refractivity contribution in [1.29, 1.82) is 0 Å². The summed E-state index contributed by atoms with van der Waals surface area (Å²) in [5.74, 6) is 0. The Balaban J connectivity index is 2.65. The van der Waals surface area contributed by atoms with Crippen LogP contribution in [0, 0.1) is 0 Å². The van der Waals surface area contributed by atoms with Crippen LogP contribution in [0.3, 0.4) is 0 Å². The highest BCUT2D eigenvalue weighted by atomic mass is 79.9. The van der Waals surface area contributed by atoms with E-state index in [1.54, 1.807) is 0 Å². The van der Waals surface area contributed by atoms with Crippen molar-refractivity contribution >= 4 is 75.2 Å². The lowest BCUT2D eigenvalue weighted by molar-refractivity contribution is 1.33. The lowest BCUT2D eigenvalue weighted by Gasteiger charge is -2.09. The maximum absolute atomic E-state index is 12.1. The number of halogens is 3. The van der Waals surface area contributed by atoms with E-state index in [2.05, 4.69) is 52.8 Å². The Morgan fingerprint density at radius 3 is 2.47 bits per heavy atom. The van der Waals surface area contributed by atoms with E-state index in [9.17, 15) is 4.79 Å². The van der Waals surface area contributed by atoms with Gasteiger partial charge in [-0.05, 0) is 55.4 Å². The number of pyridine rings is 1. The van der Waals surface area contributed by atoms with Gasteiger partial charge in [-0.15, -0.1) is 0 Å². The quantitative estimate of drug-likeness (QED) is 0.393. The van der Waals surface area contributed by atoms with Crippen LogP contribution >= 0.6 is 47.8 Å². The number of nitrogens with one attached hydrogen (secondary N) is 1. The van der Waals surface area contributed by atoms with Gasteiger partial charge in [-0.2, -0.15) is 0 Å². The van der Waals surface area contributed by atoms with Crippen molar-refractivity contribution in [2.24, 2.45) is 0 Å². The summed E-state index contributed by atoms with van der Waals surface area (Å²) in [4.78, 5) is 15.0. The van der Waals surface area contributed by atoms with Gasteiger partial charge in [-0.3, -0.25) is 4.79 Å². The van der Waals surface area contributed by atoms with Crippen LogP contribution in [0.2, 0.25) is 0 Å². The third kappa shape index (κ3) is 2.02. The summed E-state index contributed by atoms with van der Waals surface area (Å²) in [5, 5.41) is 2.48. The lowest BCUT2D eigenvalue weighted by atomic mass is 10.1. The highest BCUT2D eigenvalue weighted by Gasteiger charge is 2.12. The molecule has 0 fully saturated rings. The number of nitrogens with two attached hydrogens (primary N) is 1. The first kappa shape index (κ1) is 13.1. The zero-order chi connectivity index (χ0) is 13.7. The second-order valence-corrected chi connectivity index (χ2v) is 6.72. The van der Waals surface area contributed by atoms with Gasteiger partial charge in [0.25, 0.3) is 5.56 Å². The van der Waals surface area contributed by atoms with Gasteiger partial charge in [0.2, 0.25) is 0 Å². The molecule has 1 aromatic heterocycles. The van der Waals surface area contributed by atoms with Gasteiger partial charge in [0.15, 0.2) is 0 Å². The third-order valence-electron chi connectivity index (χ3n) is 3.01. The molecule has 19 heavy (non-hydrogen) atoms. The summed E-state index contributed by atoms with van der Waals surface area (Å²) in [6, 6.07) is 7.57. The van der Waals surface area contributed by atoms with Crippen molar-refractivity contribution < 1.29 is 0 Å². The molecule has 0 amide bonds. The topological polar surface area (TPSA) is 58.9 Å². The zero-order valence-corrected chi connectivity index (χ0v) is 14.2. The van der Waals surface area contributed by atoms with Crippen molar-refractivity contribution in [2.75, 3.05) is 5.73 Å². The molecule has 96 valence electrons. The fourth-order valence-electron chi connectivity index (χ4n) is 2.09. The highest BCUT2D eigenvalue weighted by Crippen LogP contribution is 2.36. The monoisotopic (exact) mass is 444 g/mol. The first-order valence-electron chi connectivity index (χ1n) is 5.38. The zero-order valence-electron chi connectivity index (χ0n) is 9.43. The Bertz CT molecular complexity index is 887. The van der Waals surface area contributed by atoms with E-state index in [0.717, 1.165) is 19.7 Å². The van der Waals surface area contributed by atoms with Gasteiger partial charge >= 0.3 is 0 Å². The molecule has 6 heteroatoms. The Labute approximate surface area is 133 Å². The number of fused-ring (bicyclic) bond motifs is 3. The standard InChI is InChI=1S/C13H7Br3N2O/c14-5-1-2-6-7-4-9(15)11(17)10(16)12(7)18-13(19)8(6)3-5/h1-4H,17H2,(H,18,19). The highest BCUT2D eigenvalue weighted by molar-refractivity contribution is 9.11. The Morgan fingerprint density at radius 2 is 1.74 bits per heavy atom. The van der Waals surface area contributed by atoms with Crippen LogP contribution in [0.25, 0.3) is 21.7 Å². The van der Waals surface area contributed by atoms with Crippen LogP contribution < -0.4 is 11.3 Å². The fourth-order valence-corrected chi connectivity index (χ4v) is 3.67. The molecule has 0 saturated carbocycles. The maximum atomic E-state index is 12.1. The molecule has 0 aliphatic rings. The molecule has 0 saturated heterocycles. The number of H-pyrrole nitrogens is 1. The first-order valence-corrected chi connectivity index (χ1v) is 7.75. The third-order valence-corrected chi connectivity index (χ3v) is 4.98. The minimum atomic E-state index is -0.133. The van der Waals surface area contributed by atoms with Gasteiger partial charge in [0.05, 0.1) is 15.7 Å². The minimum absolute atomic E-state index is 0.133. The van der Waals surface area contributed by atoms with Crippen molar-refractivity contribution in [3.63, 3.8) is 0 Å². The number of aromatic amines is 1. The fraction of sp³-hybridized carbons (Fsp3) is 0. The van der Waals surface area contributed by atoms with Crippen LogP contribution in [0.4, 0.5) is 5.69 Å². The van der Waals surface area contributed by atoms with E-state index in [1.165, 1.54) is 0 Å². The predicted octanol–water partition coefficient (Wildman–Crippen LogP) is 4.55. The predicted molar refractivity (Wildman–Crippen MR) is 89.6 cm³/mol. The maximum Gasteiger partial charge on any atom is 0.256 e. The second kappa shape index (κ2) is 4.61. The number of rotatable bonds is 0. The van der Waals surface area contributed by atoms with Gasteiger partial charge in [0.1, 0.15) is 0 Å². The van der Waals surface area contributed by atoms with E-state index < -0.39 is 0 Å². The molecule has 0 spiro atoms. The number of hydrogen-bond acceptors (Lipinski definition) is 2. The normalized spacial score (nSPS) is 11.3. The summed E-state index contributed by atoms with van der Waals surface area (Å²) in [5.41, 5.74) is 7.09.